The first-order chi connectivity index (χ1) is 14.0. The molecule has 1 atom stereocenters. The van der Waals surface area contributed by atoms with Gasteiger partial charge in [0.25, 0.3) is 0 Å². The van der Waals surface area contributed by atoms with Crippen molar-refractivity contribution in [3.8, 4) is 0 Å². The van der Waals surface area contributed by atoms with Crippen molar-refractivity contribution in [3.05, 3.63) is 53.2 Å². The zero-order valence-corrected chi connectivity index (χ0v) is 17.2. The van der Waals surface area contributed by atoms with Gasteiger partial charge in [-0.2, -0.15) is 0 Å². The smallest absolute Gasteiger partial charge is 0.223 e. The van der Waals surface area contributed by atoms with Crippen LogP contribution in [0.5, 0.6) is 0 Å². The summed E-state index contributed by atoms with van der Waals surface area (Å²) in [5.74, 6) is 1.38. The van der Waals surface area contributed by atoms with Crippen molar-refractivity contribution in [1.82, 2.24) is 19.8 Å². The maximum Gasteiger partial charge on any atom is 0.223 e. The highest BCUT2D eigenvalue weighted by atomic mass is 19.1. The summed E-state index contributed by atoms with van der Waals surface area (Å²) in [6, 6.07) is 8.40. The lowest BCUT2D eigenvalue weighted by atomic mass is 10.0. The van der Waals surface area contributed by atoms with Gasteiger partial charge in [0.15, 0.2) is 0 Å². The van der Waals surface area contributed by atoms with Crippen LogP contribution in [0.1, 0.15) is 29.4 Å². The highest BCUT2D eigenvalue weighted by molar-refractivity contribution is 5.79. The normalized spacial score (nSPS) is 16.7. The molecule has 3 rings (SSSR count). The van der Waals surface area contributed by atoms with E-state index in [1.54, 1.807) is 19.2 Å². The summed E-state index contributed by atoms with van der Waals surface area (Å²) < 4.78 is 18.2. The van der Waals surface area contributed by atoms with Crippen LogP contribution < -0.4 is 5.32 Å². The van der Waals surface area contributed by atoms with Crippen LogP contribution in [0.25, 0.3) is 0 Å². The van der Waals surface area contributed by atoms with Gasteiger partial charge in [0.1, 0.15) is 17.5 Å². The van der Waals surface area contributed by atoms with Gasteiger partial charge in [-0.05, 0) is 24.7 Å². The molecule has 0 aliphatic carbocycles. The second kappa shape index (κ2) is 9.76. The lowest BCUT2D eigenvalue weighted by molar-refractivity contribution is -0.128. The summed E-state index contributed by atoms with van der Waals surface area (Å²) in [6.45, 7) is 2.99. The van der Waals surface area contributed by atoms with E-state index in [1.807, 2.05) is 25.1 Å². The van der Waals surface area contributed by atoms with Crippen molar-refractivity contribution in [1.29, 1.82) is 0 Å². The van der Waals surface area contributed by atoms with E-state index < -0.39 is 0 Å². The zero-order valence-electron chi connectivity index (χ0n) is 17.2. The van der Waals surface area contributed by atoms with Gasteiger partial charge in [0.05, 0.1) is 18.8 Å². The quantitative estimate of drug-likeness (QED) is 0.695. The lowest BCUT2D eigenvalue weighted by Crippen LogP contribution is -2.28. The molecule has 8 heteroatoms. The van der Waals surface area contributed by atoms with Gasteiger partial charge in [-0.3, -0.25) is 9.69 Å². The van der Waals surface area contributed by atoms with E-state index in [-0.39, 0.29) is 17.6 Å². The Morgan fingerprint density at radius 2 is 2.03 bits per heavy atom. The van der Waals surface area contributed by atoms with Crippen LogP contribution in [0, 0.1) is 5.82 Å². The molecule has 1 N–H and O–H groups in total. The Morgan fingerprint density at radius 1 is 1.28 bits per heavy atom. The molecule has 1 amide bonds. The second-order valence-electron chi connectivity index (χ2n) is 7.38. The number of benzene rings is 1. The SMILES string of the molecule is CNc1cc(C2CC(=O)N(CCOC)C2)nc(CN(C)Cc2ccc(F)cc2)n1. The molecule has 1 aromatic carbocycles. The average molecular weight is 401 g/mol. The Kier molecular flexibility index (Phi) is 7.11. The number of likely N-dealkylation sites (tertiary alicyclic amines) is 1. The fourth-order valence-corrected chi connectivity index (χ4v) is 3.51. The van der Waals surface area contributed by atoms with Crippen molar-refractivity contribution in [3.63, 3.8) is 0 Å². The first kappa shape index (κ1) is 21.1. The number of hydrogen-bond donors (Lipinski definition) is 1. The van der Waals surface area contributed by atoms with Gasteiger partial charge in [-0.1, -0.05) is 12.1 Å². The Bertz CT molecular complexity index is 830. The van der Waals surface area contributed by atoms with Crippen LogP contribution in [-0.2, 0) is 22.6 Å². The summed E-state index contributed by atoms with van der Waals surface area (Å²) >= 11 is 0. The Hall–Kier alpha value is -2.58. The van der Waals surface area contributed by atoms with Gasteiger partial charge in [0.2, 0.25) is 5.91 Å². The van der Waals surface area contributed by atoms with Crippen molar-refractivity contribution < 1.29 is 13.9 Å². The molecule has 1 aromatic heterocycles. The van der Waals surface area contributed by atoms with Crippen LogP contribution in [0.3, 0.4) is 0 Å². The number of aromatic nitrogens is 2. The molecule has 156 valence electrons. The number of nitrogens with one attached hydrogen (secondary N) is 1. The molecule has 2 aromatic rings. The number of amides is 1. The molecule has 0 saturated carbocycles. The molecular formula is C21H28FN5O2. The average Bonchev–Trinajstić information content (AvgIpc) is 3.08. The topological polar surface area (TPSA) is 70.6 Å². The van der Waals surface area contributed by atoms with E-state index in [2.05, 4.69) is 15.2 Å². The molecule has 1 aliphatic heterocycles. The minimum absolute atomic E-state index is 0.0515. The molecule has 0 radical (unpaired) electrons. The molecule has 29 heavy (non-hydrogen) atoms. The maximum atomic E-state index is 13.1. The fourth-order valence-electron chi connectivity index (χ4n) is 3.51. The number of nitrogens with zero attached hydrogens (tertiary/aromatic N) is 4. The van der Waals surface area contributed by atoms with Crippen LogP contribution in [-0.4, -0.2) is 66.6 Å². The van der Waals surface area contributed by atoms with Crippen LogP contribution in [0.2, 0.25) is 0 Å². The van der Waals surface area contributed by atoms with E-state index in [1.165, 1.54) is 12.1 Å². The number of hydrogen-bond acceptors (Lipinski definition) is 6. The number of ether oxygens (including phenoxy) is 1. The highest BCUT2D eigenvalue weighted by Crippen LogP contribution is 2.28. The molecular weight excluding hydrogens is 373 g/mol. The van der Waals surface area contributed by atoms with E-state index in [0.717, 1.165) is 17.1 Å². The number of carbonyl (C=O) groups excluding carboxylic acids is 1. The molecule has 0 bridgehead atoms. The number of carbonyl (C=O) groups is 1. The Morgan fingerprint density at radius 3 is 2.72 bits per heavy atom. The van der Waals surface area contributed by atoms with E-state index in [9.17, 15) is 9.18 Å². The first-order valence-electron chi connectivity index (χ1n) is 9.73. The molecule has 7 nitrogen and oxygen atoms in total. The standard InChI is InChI=1S/C21H28FN5O2/c1-23-19-11-18(16-10-21(28)27(13-16)8-9-29-3)24-20(25-19)14-26(2)12-15-4-6-17(22)7-5-15/h4-7,11,16H,8-10,12-14H2,1-3H3,(H,23,24,25). The fraction of sp³-hybridized carbons (Fsp3) is 0.476. The molecule has 2 heterocycles. The van der Waals surface area contributed by atoms with Crippen LogP contribution >= 0.6 is 0 Å². The number of rotatable bonds is 9. The third-order valence-corrected chi connectivity index (χ3v) is 5.02. The molecule has 1 saturated heterocycles. The summed E-state index contributed by atoms with van der Waals surface area (Å²) in [7, 11) is 5.43. The summed E-state index contributed by atoms with van der Waals surface area (Å²) in [5.41, 5.74) is 1.90. The third-order valence-electron chi connectivity index (χ3n) is 5.02. The maximum absolute atomic E-state index is 13.1. The predicted molar refractivity (Wildman–Crippen MR) is 109 cm³/mol. The molecule has 1 aliphatic rings. The van der Waals surface area contributed by atoms with Crippen LogP contribution in [0.4, 0.5) is 10.2 Å². The Balaban J connectivity index is 1.70. The summed E-state index contributed by atoms with van der Waals surface area (Å²) in [6.07, 6.45) is 0.453. The highest BCUT2D eigenvalue weighted by Gasteiger charge is 2.31. The van der Waals surface area contributed by atoms with E-state index in [0.29, 0.717) is 45.0 Å². The number of methoxy groups -OCH3 is 1. The Labute approximate surface area is 170 Å². The summed E-state index contributed by atoms with van der Waals surface area (Å²) in [5, 5.41) is 3.09. The number of halogens is 1. The van der Waals surface area contributed by atoms with Gasteiger partial charge in [-0.25, -0.2) is 14.4 Å². The van der Waals surface area contributed by atoms with Crippen molar-refractivity contribution in [2.24, 2.45) is 0 Å². The minimum Gasteiger partial charge on any atom is -0.383 e. The van der Waals surface area contributed by atoms with Gasteiger partial charge in [-0.15, -0.1) is 0 Å². The molecule has 0 spiro atoms. The molecule has 1 unspecified atom stereocenters. The molecule has 1 fully saturated rings. The van der Waals surface area contributed by atoms with Gasteiger partial charge >= 0.3 is 0 Å². The van der Waals surface area contributed by atoms with Crippen LogP contribution in [0.15, 0.2) is 30.3 Å². The van der Waals surface area contributed by atoms with Gasteiger partial charge in [0, 0.05) is 52.2 Å². The first-order valence-corrected chi connectivity index (χ1v) is 9.73. The zero-order chi connectivity index (χ0) is 20.8. The van der Waals surface area contributed by atoms with Gasteiger partial charge < -0.3 is 15.0 Å². The van der Waals surface area contributed by atoms with Crippen molar-refractivity contribution >= 4 is 11.7 Å². The predicted octanol–water partition coefficient (Wildman–Crippen LogP) is 2.25. The monoisotopic (exact) mass is 401 g/mol. The third kappa shape index (κ3) is 5.71. The number of anilines is 1. The minimum atomic E-state index is -0.239. The van der Waals surface area contributed by atoms with Crippen molar-refractivity contribution in [2.45, 2.75) is 25.4 Å². The largest absolute Gasteiger partial charge is 0.383 e. The lowest BCUT2D eigenvalue weighted by Gasteiger charge is -2.18. The summed E-state index contributed by atoms with van der Waals surface area (Å²) in [4.78, 5) is 25.5. The second-order valence-corrected chi connectivity index (χ2v) is 7.38. The van der Waals surface area contributed by atoms with E-state index >= 15 is 0 Å². The van der Waals surface area contributed by atoms with Crippen molar-refractivity contribution in [2.75, 3.05) is 46.2 Å². The van der Waals surface area contributed by atoms with E-state index in [4.69, 9.17) is 9.72 Å².